The van der Waals surface area contributed by atoms with Crippen molar-refractivity contribution in [2.45, 2.75) is 19.1 Å². The zero-order valence-corrected chi connectivity index (χ0v) is 12.7. The second-order valence-corrected chi connectivity index (χ2v) is 6.40. The fourth-order valence-corrected chi connectivity index (χ4v) is 2.90. The summed E-state index contributed by atoms with van der Waals surface area (Å²) in [4.78, 5) is 1.18. The van der Waals surface area contributed by atoms with Gasteiger partial charge in [0.1, 0.15) is 0 Å². The van der Waals surface area contributed by atoms with Crippen molar-refractivity contribution in [3.63, 3.8) is 0 Å². The molecule has 110 valence electrons. The average molecular weight is 305 g/mol. The lowest BCUT2D eigenvalue weighted by atomic mass is 10.4. The number of rotatable bonds is 12. The molecule has 0 fully saturated rings. The maximum atomic E-state index is 9.69. The summed E-state index contributed by atoms with van der Waals surface area (Å²) in [5, 5.41) is 23.5. The largest absolute Gasteiger partial charge is 0.396 e. The normalized spacial score (nSPS) is 12.7. The van der Waals surface area contributed by atoms with Gasteiger partial charge in [-0.3, -0.25) is 0 Å². The first-order valence-corrected chi connectivity index (χ1v) is 8.54. The molecule has 0 aromatic carbocycles. The van der Waals surface area contributed by atoms with Crippen LogP contribution in [0.25, 0.3) is 0 Å². The molecule has 0 aliphatic heterocycles. The monoisotopic (exact) mass is 305 g/mol. The molecule has 19 heavy (non-hydrogen) atoms. The molecule has 1 aromatic heterocycles. The van der Waals surface area contributed by atoms with Crippen LogP contribution in [0.1, 0.15) is 11.3 Å². The average Bonchev–Trinajstić information content (AvgIpc) is 2.91. The Morgan fingerprint density at radius 1 is 1.42 bits per heavy atom. The van der Waals surface area contributed by atoms with Crippen molar-refractivity contribution in [2.75, 3.05) is 37.8 Å². The number of hydrogen-bond donors (Lipinski definition) is 3. The number of thiophene rings is 1. The van der Waals surface area contributed by atoms with Gasteiger partial charge in [-0.2, -0.15) is 11.8 Å². The number of hydrogen-bond acceptors (Lipinski definition) is 6. The van der Waals surface area contributed by atoms with Gasteiger partial charge >= 0.3 is 0 Å². The highest BCUT2D eigenvalue weighted by molar-refractivity contribution is 7.99. The maximum Gasteiger partial charge on any atom is 0.0897 e. The molecule has 0 aliphatic carbocycles. The van der Waals surface area contributed by atoms with Gasteiger partial charge in [0.15, 0.2) is 0 Å². The van der Waals surface area contributed by atoms with Crippen molar-refractivity contribution in [1.29, 1.82) is 0 Å². The zero-order valence-electron chi connectivity index (χ0n) is 11.1. The van der Waals surface area contributed by atoms with Crippen molar-refractivity contribution in [3.05, 3.63) is 22.4 Å². The third kappa shape index (κ3) is 9.43. The summed E-state index contributed by atoms with van der Waals surface area (Å²) in [6, 6.07) is 4.02. The lowest BCUT2D eigenvalue weighted by Gasteiger charge is -2.11. The standard InChI is InChI=1S/C13H23NO3S2/c15-5-2-6-18-8-4-14-9-12(16)10-17-11-13-3-1-7-19-13/h1,3,7,12,14-16H,2,4-6,8-11H2. The molecular weight excluding hydrogens is 282 g/mol. The van der Waals surface area contributed by atoms with Gasteiger partial charge < -0.3 is 20.3 Å². The SMILES string of the molecule is OCCCSCCNCC(O)COCc1cccs1. The summed E-state index contributed by atoms with van der Waals surface area (Å²) < 4.78 is 5.44. The Hall–Kier alpha value is -0.110. The number of aliphatic hydroxyl groups excluding tert-OH is 2. The Morgan fingerprint density at radius 2 is 2.32 bits per heavy atom. The Morgan fingerprint density at radius 3 is 3.05 bits per heavy atom. The molecule has 1 heterocycles. The first-order valence-electron chi connectivity index (χ1n) is 6.50. The van der Waals surface area contributed by atoms with Crippen molar-refractivity contribution in [1.82, 2.24) is 5.32 Å². The molecule has 0 amide bonds. The summed E-state index contributed by atoms with van der Waals surface area (Å²) in [5.74, 6) is 1.99. The molecule has 0 saturated heterocycles. The number of thioether (sulfide) groups is 1. The van der Waals surface area contributed by atoms with E-state index in [0.717, 1.165) is 24.5 Å². The second kappa shape index (κ2) is 11.7. The highest BCUT2D eigenvalue weighted by Crippen LogP contribution is 2.09. The fraction of sp³-hybridized carbons (Fsp3) is 0.692. The summed E-state index contributed by atoms with van der Waals surface area (Å²) in [5.41, 5.74) is 0. The maximum absolute atomic E-state index is 9.69. The predicted molar refractivity (Wildman–Crippen MR) is 81.9 cm³/mol. The zero-order chi connectivity index (χ0) is 13.8. The Balaban J connectivity index is 1.86. The van der Waals surface area contributed by atoms with E-state index in [4.69, 9.17) is 9.84 Å². The van der Waals surface area contributed by atoms with Gasteiger partial charge in [-0.15, -0.1) is 11.3 Å². The quantitative estimate of drug-likeness (QED) is 0.509. The van der Waals surface area contributed by atoms with Crippen LogP contribution in [0, 0.1) is 0 Å². The van der Waals surface area contributed by atoms with E-state index in [1.807, 2.05) is 29.3 Å². The van der Waals surface area contributed by atoms with Gasteiger partial charge in [0.2, 0.25) is 0 Å². The highest BCUT2D eigenvalue weighted by atomic mass is 32.2. The van der Waals surface area contributed by atoms with Crippen LogP contribution in [-0.4, -0.2) is 54.1 Å². The topological polar surface area (TPSA) is 61.7 Å². The lowest BCUT2D eigenvalue weighted by molar-refractivity contribution is 0.0301. The Bertz CT molecular complexity index is 296. The number of nitrogens with one attached hydrogen (secondary N) is 1. The van der Waals surface area contributed by atoms with Crippen LogP contribution in [-0.2, 0) is 11.3 Å². The van der Waals surface area contributed by atoms with E-state index in [-0.39, 0.29) is 6.61 Å². The molecule has 1 atom stereocenters. The fourth-order valence-electron chi connectivity index (χ4n) is 1.43. The second-order valence-electron chi connectivity index (χ2n) is 4.14. The van der Waals surface area contributed by atoms with E-state index >= 15 is 0 Å². The molecule has 0 aliphatic rings. The minimum absolute atomic E-state index is 0.265. The first kappa shape index (κ1) is 16.9. The van der Waals surface area contributed by atoms with Crippen LogP contribution < -0.4 is 5.32 Å². The molecule has 6 heteroatoms. The van der Waals surface area contributed by atoms with Crippen LogP contribution >= 0.6 is 23.1 Å². The van der Waals surface area contributed by atoms with Crippen LogP contribution in [0.4, 0.5) is 0 Å². The highest BCUT2D eigenvalue weighted by Gasteiger charge is 2.04. The van der Waals surface area contributed by atoms with E-state index in [1.54, 1.807) is 11.3 Å². The molecule has 0 saturated carbocycles. The molecule has 3 N–H and O–H groups in total. The van der Waals surface area contributed by atoms with Gasteiger partial charge in [-0.25, -0.2) is 0 Å². The molecule has 0 spiro atoms. The van der Waals surface area contributed by atoms with Crippen LogP contribution in [0.3, 0.4) is 0 Å². The molecule has 0 bridgehead atoms. The number of aliphatic hydroxyl groups is 2. The molecule has 0 radical (unpaired) electrons. The third-order valence-electron chi connectivity index (χ3n) is 2.38. The Labute approximate surface area is 123 Å². The van der Waals surface area contributed by atoms with Gasteiger partial charge in [0, 0.05) is 30.3 Å². The van der Waals surface area contributed by atoms with Crippen LogP contribution in [0.5, 0.6) is 0 Å². The van der Waals surface area contributed by atoms with Crippen molar-refractivity contribution >= 4 is 23.1 Å². The minimum atomic E-state index is -0.456. The molecule has 1 rings (SSSR count). The molecule has 1 aromatic rings. The molecular formula is C13H23NO3S2. The van der Waals surface area contributed by atoms with Crippen LogP contribution in [0.15, 0.2) is 17.5 Å². The lowest BCUT2D eigenvalue weighted by Crippen LogP contribution is -2.31. The van der Waals surface area contributed by atoms with E-state index in [2.05, 4.69) is 5.32 Å². The van der Waals surface area contributed by atoms with E-state index in [1.165, 1.54) is 4.88 Å². The van der Waals surface area contributed by atoms with E-state index in [0.29, 0.717) is 19.8 Å². The van der Waals surface area contributed by atoms with Gasteiger partial charge in [0.25, 0.3) is 0 Å². The summed E-state index contributed by atoms with van der Waals surface area (Å²) >= 11 is 3.47. The first-order chi connectivity index (χ1) is 9.33. The van der Waals surface area contributed by atoms with Crippen molar-refractivity contribution in [3.8, 4) is 0 Å². The van der Waals surface area contributed by atoms with Gasteiger partial charge in [-0.1, -0.05) is 6.07 Å². The van der Waals surface area contributed by atoms with Crippen molar-refractivity contribution < 1.29 is 14.9 Å². The predicted octanol–water partition coefficient (Wildman–Crippen LogP) is 1.33. The van der Waals surface area contributed by atoms with Crippen LogP contribution in [0.2, 0.25) is 0 Å². The minimum Gasteiger partial charge on any atom is -0.396 e. The molecule has 4 nitrogen and oxygen atoms in total. The van der Waals surface area contributed by atoms with Crippen molar-refractivity contribution in [2.24, 2.45) is 0 Å². The number of ether oxygens (including phenoxy) is 1. The Kier molecular flexibility index (Phi) is 10.4. The summed E-state index contributed by atoms with van der Waals surface area (Å²) in [6.45, 7) is 2.64. The van der Waals surface area contributed by atoms with E-state index in [9.17, 15) is 5.11 Å². The third-order valence-corrected chi connectivity index (χ3v) is 4.30. The van der Waals surface area contributed by atoms with Gasteiger partial charge in [-0.05, 0) is 23.6 Å². The van der Waals surface area contributed by atoms with Gasteiger partial charge in [0.05, 0.1) is 19.3 Å². The molecule has 1 unspecified atom stereocenters. The van der Waals surface area contributed by atoms with E-state index < -0.39 is 6.10 Å². The summed E-state index contributed by atoms with van der Waals surface area (Å²) in [7, 11) is 0. The smallest absolute Gasteiger partial charge is 0.0897 e. The summed E-state index contributed by atoms with van der Waals surface area (Å²) in [6.07, 6.45) is 0.395.